The summed E-state index contributed by atoms with van der Waals surface area (Å²) < 4.78 is 19.0. The maximum atomic E-state index is 13.6. The van der Waals surface area contributed by atoms with Crippen LogP contribution in [0.1, 0.15) is 5.56 Å². The maximum Gasteiger partial charge on any atom is 0.266 e. The Balaban J connectivity index is 1.59. The molecule has 0 aliphatic heterocycles. The molecule has 0 aliphatic carbocycles. The highest BCUT2D eigenvalue weighted by Gasteiger charge is 2.11. The lowest BCUT2D eigenvalue weighted by molar-refractivity contribution is -0.118. The predicted octanol–water partition coefficient (Wildman–Crippen LogP) is 5.04. The average Bonchev–Trinajstić information content (AvgIpc) is 2.80. The summed E-state index contributed by atoms with van der Waals surface area (Å²) in [4.78, 5) is 24.3. The number of hydrogen-bond donors (Lipinski definition) is 2. The van der Waals surface area contributed by atoms with Gasteiger partial charge in [0.15, 0.2) is 6.61 Å². The van der Waals surface area contributed by atoms with Crippen molar-refractivity contribution in [3.63, 3.8) is 0 Å². The van der Waals surface area contributed by atoms with Gasteiger partial charge in [-0.25, -0.2) is 4.39 Å². The van der Waals surface area contributed by atoms with E-state index in [2.05, 4.69) is 10.6 Å². The Morgan fingerprint density at radius 2 is 1.62 bits per heavy atom. The fourth-order valence-corrected chi connectivity index (χ4v) is 2.81. The fourth-order valence-electron chi connectivity index (χ4n) is 2.63. The van der Waals surface area contributed by atoms with Crippen LogP contribution in [-0.2, 0) is 9.59 Å². The zero-order chi connectivity index (χ0) is 22.9. The molecule has 0 fully saturated rings. The molecule has 2 N–H and O–H groups in total. The van der Waals surface area contributed by atoms with Crippen LogP contribution in [0, 0.1) is 17.1 Å². The molecule has 0 atom stereocenters. The summed E-state index contributed by atoms with van der Waals surface area (Å²) in [5, 5.41) is 14.7. The minimum Gasteiger partial charge on any atom is -0.484 e. The van der Waals surface area contributed by atoms with Crippen molar-refractivity contribution in [1.29, 1.82) is 5.26 Å². The van der Waals surface area contributed by atoms with E-state index in [1.807, 2.05) is 6.07 Å². The van der Waals surface area contributed by atoms with E-state index in [9.17, 15) is 19.2 Å². The van der Waals surface area contributed by atoms with Crippen molar-refractivity contribution in [3.05, 3.63) is 94.8 Å². The standard InChI is InChI=1S/C24H17ClFN3O3/c25-19-5-1-3-7-21(19)29-24(31)17(14-27)13-16-9-11-18(12-10-16)32-15-23(30)28-22-8-4-2-6-20(22)26/h1-13H,15H2,(H,28,30)(H,29,31). The molecule has 0 radical (unpaired) electrons. The molecule has 0 aromatic heterocycles. The molecule has 0 heterocycles. The van der Waals surface area contributed by atoms with Crippen molar-refractivity contribution in [1.82, 2.24) is 0 Å². The minimum absolute atomic E-state index is 0.0701. The molecule has 3 aromatic carbocycles. The van der Waals surface area contributed by atoms with Crippen molar-refractivity contribution < 1.29 is 18.7 Å². The number of nitrogens with one attached hydrogen (secondary N) is 2. The van der Waals surface area contributed by atoms with Gasteiger partial charge in [0, 0.05) is 0 Å². The summed E-state index contributed by atoms with van der Waals surface area (Å²) in [5.41, 5.74) is 0.945. The van der Waals surface area contributed by atoms with Crippen molar-refractivity contribution in [2.75, 3.05) is 17.2 Å². The van der Waals surface area contributed by atoms with Crippen LogP contribution >= 0.6 is 11.6 Å². The van der Waals surface area contributed by atoms with Gasteiger partial charge in [-0.2, -0.15) is 5.26 Å². The molecule has 32 heavy (non-hydrogen) atoms. The van der Waals surface area contributed by atoms with E-state index in [0.29, 0.717) is 22.0 Å². The Bertz CT molecular complexity index is 1200. The topological polar surface area (TPSA) is 91.2 Å². The lowest BCUT2D eigenvalue weighted by Gasteiger charge is -2.08. The van der Waals surface area contributed by atoms with Crippen molar-refractivity contribution in [3.8, 4) is 11.8 Å². The maximum absolute atomic E-state index is 13.6. The molecule has 8 heteroatoms. The Labute approximate surface area is 188 Å². The van der Waals surface area contributed by atoms with E-state index >= 15 is 0 Å². The monoisotopic (exact) mass is 449 g/mol. The first-order valence-corrected chi connectivity index (χ1v) is 9.79. The lowest BCUT2D eigenvalue weighted by atomic mass is 10.1. The summed E-state index contributed by atoms with van der Waals surface area (Å²) in [5.74, 6) is -1.25. The van der Waals surface area contributed by atoms with Crippen molar-refractivity contribution in [2.24, 2.45) is 0 Å². The SMILES string of the molecule is N#CC(=Cc1ccc(OCC(=O)Nc2ccccc2F)cc1)C(=O)Nc1ccccc1Cl. The van der Waals surface area contributed by atoms with E-state index in [0.717, 1.165) is 0 Å². The minimum atomic E-state index is -0.592. The first kappa shape index (κ1) is 22.5. The molecule has 0 spiro atoms. The number of nitrogens with zero attached hydrogens (tertiary/aromatic N) is 1. The number of carbonyl (C=O) groups is 2. The Hall–Kier alpha value is -4.15. The van der Waals surface area contributed by atoms with Crippen LogP contribution in [-0.4, -0.2) is 18.4 Å². The summed E-state index contributed by atoms with van der Waals surface area (Å²) in [6.45, 7) is -0.312. The average molecular weight is 450 g/mol. The second-order valence-electron chi connectivity index (χ2n) is 6.49. The number of rotatable bonds is 7. The van der Waals surface area contributed by atoms with Crippen LogP contribution in [0.4, 0.5) is 15.8 Å². The van der Waals surface area contributed by atoms with Crippen LogP contribution in [0.3, 0.4) is 0 Å². The molecule has 3 rings (SSSR count). The number of benzene rings is 3. The van der Waals surface area contributed by atoms with Gasteiger partial charge in [-0.05, 0) is 48.0 Å². The Morgan fingerprint density at radius 3 is 2.28 bits per heavy atom. The molecule has 0 saturated carbocycles. The second kappa shape index (κ2) is 10.8. The van der Waals surface area contributed by atoms with E-state index in [4.69, 9.17) is 16.3 Å². The molecule has 3 aromatic rings. The van der Waals surface area contributed by atoms with Gasteiger partial charge >= 0.3 is 0 Å². The van der Waals surface area contributed by atoms with Crippen LogP contribution in [0.25, 0.3) is 6.08 Å². The quantitative estimate of drug-likeness (QED) is 0.390. The van der Waals surface area contributed by atoms with Gasteiger partial charge in [0.25, 0.3) is 11.8 Å². The predicted molar refractivity (Wildman–Crippen MR) is 121 cm³/mol. The highest BCUT2D eigenvalue weighted by molar-refractivity contribution is 6.34. The Kier molecular flexibility index (Phi) is 7.57. The molecule has 0 saturated heterocycles. The smallest absolute Gasteiger partial charge is 0.266 e. The number of ether oxygens (including phenoxy) is 1. The summed E-state index contributed by atoms with van der Waals surface area (Å²) in [6.07, 6.45) is 1.42. The highest BCUT2D eigenvalue weighted by Crippen LogP contribution is 2.22. The molecule has 0 unspecified atom stereocenters. The van der Waals surface area contributed by atoms with Gasteiger partial charge in [-0.3, -0.25) is 9.59 Å². The molecule has 0 bridgehead atoms. The third-order valence-electron chi connectivity index (χ3n) is 4.20. The Morgan fingerprint density at radius 1 is 0.969 bits per heavy atom. The van der Waals surface area contributed by atoms with Crippen molar-refractivity contribution in [2.45, 2.75) is 0 Å². The largest absolute Gasteiger partial charge is 0.484 e. The normalized spacial score (nSPS) is 10.7. The first-order valence-electron chi connectivity index (χ1n) is 9.41. The summed E-state index contributed by atoms with van der Waals surface area (Å²) in [6, 6.07) is 20.8. The first-order chi connectivity index (χ1) is 15.5. The van der Waals surface area contributed by atoms with Crippen LogP contribution < -0.4 is 15.4 Å². The molecule has 160 valence electrons. The number of para-hydroxylation sites is 2. The van der Waals surface area contributed by atoms with Gasteiger partial charge < -0.3 is 15.4 Å². The molecule has 6 nitrogen and oxygen atoms in total. The van der Waals surface area contributed by atoms with E-state index < -0.39 is 17.6 Å². The van der Waals surface area contributed by atoms with Gasteiger partial charge in [-0.15, -0.1) is 0 Å². The molecule has 2 amide bonds. The highest BCUT2D eigenvalue weighted by atomic mass is 35.5. The lowest BCUT2D eigenvalue weighted by Crippen LogP contribution is -2.20. The van der Waals surface area contributed by atoms with E-state index in [1.54, 1.807) is 54.6 Å². The van der Waals surface area contributed by atoms with Crippen LogP contribution in [0.5, 0.6) is 5.75 Å². The fraction of sp³-hybridized carbons (Fsp3) is 0.0417. The number of amides is 2. The zero-order valence-electron chi connectivity index (χ0n) is 16.6. The number of anilines is 2. The van der Waals surface area contributed by atoms with E-state index in [-0.39, 0.29) is 17.9 Å². The molecule has 0 aliphatic rings. The van der Waals surface area contributed by atoms with Gasteiger partial charge in [0.2, 0.25) is 0 Å². The molecular formula is C24H17ClFN3O3. The third kappa shape index (κ3) is 6.17. The van der Waals surface area contributed by atoms with Gasteiger partial charge in [-0.1, -0.05) is 48.0 Å². The number of nitriles is 1. The van der Waals surface area contributed by atoms with Crippen LogP contribution in [0.15, 0.2) is 78.4 Å². The van der Waals surface area contributed by atoms with Crippen molar-refractivity contribution >= 4 is 40.9 Å². The number of halogens is 2. The zero-order valence-corrected chi connectivity index (χ0v) is 17.4. The van der Waals surface area contributed by atoms with E-state index in [1.165, 1.54) is 24.3 Å². The number of hydrogen-bond acceptors (Lipinski definition) is 4. The summed E-state index contributed by atoms with van der Waals surface area (Å²) in [7, 11) is 0. The second-order valence-corrected chi connectivity index (χ2v) is 6.90. The summed E-state index contributed by atoms with van der Waals surface area (Å²) >= 11 is 6.02. The van der Waals surface area contributed by atoms with Crippen LogP contribution in [0.2, 0.25) is 5.02 Å². The molecular weight excluding hydrogens is 433 g/mol. The third-order valence-corrected chi connectivity index (χ3v) is 4.53. The van der Waals surface area contributed by atoms with Gasteiger partial charge in [0.05, 0.1) is 16.4 Å². The van der Waals surface area contributed by atoms with Gasteiger partial charge in [0.1, 0.15) is 23.2 Å². The number of carbonyl (C=O) groups excluding carboxylic acids is 2.